The Hall–Kier alpha value is -2.83. The highest BCUT2D eigenvalue weighted by atomic mass is 16.2. The third kappa shape index (κ3) is 4.17. The van der Waals surface area contributed by atoms with E-state index in [9.17, 15) is 9.59 Å². The number of hydrogen-bond acceptors (Lipinski definition) is 3. The number of carbonyl (C=O) groups excluding carboxylic acids is 2. The van der Waals surface area contributed by atoms with E-state index in [1.807, 2.05) is 43.5 Å². The molecule has 3 amide bonds. The van der Waals surface area contributed by atoms with Gasteiger partial charge >= 0.3 is 6.03 Å². The fourth-order valence-electron chi connectivity index (χ4n) is 3.22. The lowest BCUT2D eigenvalue weighted by Gasteiger charge is -2.32. The van der Waals surface area contributed by atoms with Crippen LogP contribution in [0.1, 0.15) is 25.0 Å². The molecule has 0 aliphatic carbocycles. The topological polar surface area (TPSA) is 93.3 Å². The predicted molar refractivity (Wildman–Crippen MR) is 95.4 cm³/mol. The Balaban J connectivity index is 1.72. The summed E-state index contributed by atoms with van der Waals surface area (Å²) in [6.07, 6.45) is 4.00. The molecule has 2 aromatic rings. The first-order valence-electron chi connectivity index (χ1n) is 8.49. The largest absolute Gasteiger partial charge is 0.370 e. The van der Waals surface area contributed by atoms with Gasteiger partial charge in [-0.05, 0) is 43.9 Å². The van der Waals surface area contributed by atoms with Gasteiger partial charge in [-0.15, -0.1) is 0 Å². The fraction of sp³-hybridized carbons (Fsp3) is 0.389. The number of aryl methyl sites for hydroxylation is 1. The van der Waals surface area contributed by atoms with E-state index in [4.69, 9.17) is 5.73 Å². The van der Waals surface area contributed by atoms with Gasteiger partial charge in [0.15, 0.2) is 0 Å². The van der Waals surface area contributed by atoms with Crippen LogP contribution in [0.3, 0.4) is 0 Å². The van der Waals surface area contributed by atoms with Crippen molar-refractivity contribution in [3.63, 3.8) is 0 Å². The number of carbonyl (C=O) groups is 2. The van der Waals surface area contributed by atoms with E-state index in [2.05, 4.69) is 10.4 Å². The normalized spacial score (nSPS) is 17.3. The van der Waals surface area contributed by atoms with Crippen molar-refractivity contribution < 1.29 is 9.59 Å². The molecule has 1 aliphatic heterocycles. The zero-order valence-electron chi connectivity index (χ0n) is 14.3. The van der Waals surface area contributed by atoms with E-state index < -0.39 is 0 Å². The molecule has 0 unspecified atom stereocenters. The Morgan fingerprint density at radius 1 is 1.32 bits per heavy atom. The van der Waals surface area contributed by atoms with Crippen molar-refractivity contribution in [2.24, 2.45) is 11.7 Å². The first-order chi connectivity index (χ1) is 12.0. The zero-order chi connectivity index (χ0) is 17.8. The minimum atomic E-state index is -0.313. The zero-order valence-corrected chi connectivity index (χ0v) is 14.3. The summed E-state index contributed by atoms with van der Waals surface area (Å²) >= 11 is 0. The summed E-state index contributed by atoms with van der Waals surface area (Å²) in [5.41, 5.74) is 7.71. The second-order valence-corrected chi connectivity index (χ2v) is 6.47. The summed E-state index contributed by atoms with van der Waals surface area (Å²) in [6.45, 7) is 3.16. The minimum Gasteiger partial charge on any atom is -0.370 e. The monoisotopic (exact) mass is 341 g/mol. The van der Waals surface area contributed by atoms with E-state index in [1.54, 1.807) is 9.58 Å². The minimum absolute atomic E-state index is 0.140. The molecule has 1 fully saturated rings. The van der Waals surface area contributed by atoms with E-state index in [0.29, 0.717) is 25.2 Å². The third-order valence-electron chi connectivity index (χ3n) is 4.41. The van der Waals surface area contributed by atoms with Crippen LogP contribution in [0.4, 0.5) is 10.5 Å². The van der Waals surface area contributed by atoms with Gasteiger partial charge in [0.05, 0.1) is 17.1 Å². The van der Waals surface area contributed by atoms with E-state index in [0.717, 1.165) is 24.2 Å². The number of primary amides is 1. The molecule has 132 valence electrons. The van der Waals surface area contributed by atoms with Crippen LogP contribution in [0.15, 0.2) is 36.5 Å². The highest BCUT2D eigenvalue weighted by Crippen LogP contribution is 2.23. The molecular weight excluding hydrogens is 318 g/mol. The molecule has 1 aliphatic rings. The van der Waals surface area contributed by atoms with Crippen molar-refractivity contribution >= 4 is 17.6 Å². The molecule has 7 nitrogen and oxygen atoms in total. The first kappa shape index (κ1) is 17.0. The number of urea groups is 1. The quantitative estimate of drug-likeness (QED) is 0.893. The van der Waals surface area contributed by atoms with Gasteiger partial charge in [-0.1, -0.05) is 12.1 Å². The molecule has 7 heteroatoms. The summed E-state index contributed by atoms with van der Waals surface area (Å²) in [5, 5.41) is 7.38. The second kappa shape index (κ2) is 7.38. The Kier molecular flexibility index (Phi) is 5.02. The van der Waals surface area contributed by atoms with Crippen LogP contribution in [0, 0.1) is 12.8 Å². The third-order valence-corrected chi connectivity index (χ3v) is 4.41. The fourth-order valence-corrected chi connectivity index (χ4v) is 3.22. The van der Waals surface area contributed by atoms with Crippen molar-refractivity contribution in [2.45, 2.75) is 26.2 Å². The Bertz CT molecular complexity index is 770. The summed E-state index contributed by atoms with van der Waals surface area (Å²) < 4.78 is 1.75. The van der Waals surface area contributed by atoms with E-state index >= 15 is 0 Å². The molecule has 0 radical (unpaired) electrons. The van der Waals surface area contributed by atoms with Crippen LogP contribution in [0.5, 0.6) is 0 Å². The Morgan fingerprint density at radius 2 is 2.12 bits per heavy atom. The van der Waals surface area contributed by atoms with E-state index in [1.165, 1.54) is 0 Å². The number of nitrogens with two attached hydrogens (primary N) is 1. The summed E-state index contributed by atoms with van der Waals surface area (Å²) in [5.74, 6) is -0.173. The molecule has 2 heterocycles. The van der Waals surface area contributed by atoms with E-state index in [-0.39, 0.29) is 17.9 Å². The average molecular weight is 341 g/mol. The molecule has 1 aromatic carbocycles. The maximum Gasteiger partial charge on any atom is 0.321 e. The van der Waals surface area contributed by atoms with Gasteiger partial charge in [-0.25, -0.2) is 9.48 Å². The standard InChI is InChI=1S/C18H23N5O2/c1-13-8-10-23(21-13)16-7-3-2-6-15(16)20-18(25)22-9-4-5-14(12-22)11-17(19)24/h2-3,6-8,10,14H,4-5,9,11-12H2,1H3,(H2,19,24)(H,20,25)/t14-/m1/s1. The molecule has 3 rings (SSSR count). The Morgan fingerprint density at radius 3 is 2.84 bits per heavy atom. The summed E-state index contributed by atoms with van der Waals surface area (Å²) in [4.78, 5) is 25.5. The number of rotatable bonds is 4. The smallest absolute Gasteiger partial charge is 0.321 e. The molecule has 0 spiro atoms. The van der Waals surface area contributed by atoms with Crippen molar-refractivity contribution in [3.05, 3.63) is 42.2 Å². The van der Waals surface area contributed by atoms with Crippen LogP contribution >= 0.6 is 0 Å². The molecule has 3 N–H and O–H groups in total. The lowest BCUT2D eigenvalue weighted by Crippen LogP contribution is -2.43. The lowest BCUT2D eigenvalue weighted by atomic mass is 9.95. The Labute approximate surface area is 146 Å². The SMILES string of the molecule is Cc1ccn(-c2ccccc2NC(=O)N2CCC[C@H](CC(N)=O)C2)n1. The van der Waals surface area contributed by atoms with Crippen LogP contribution < -0.4 is 11.1 Å². The van der Waals surface area contributed by atoms with Crippen LogP contribution in [-0.2, 0) is 4.79 Å². The predicted octanol–water partition coefficient (Wildman–Crippen LogP) is 2.30. The van der Waals surface area contributed by atoms with Crippen molar-refractivity contribution in [3.8, 4) is 5.69 Å². The highest BCUT2D eigenvalue weighted by molar-refractivity contribution is 5.91. The summed E-state index contributed by atoms with van der Waals surface area (Å²) in [7, 11) is 0. The van der Waals surface area contributed by atoms with Crippen LogP contribution in [0.2, 0.25) is 0 Å². The number of hydrogen-bond donors (Lipinski definition) is 2. The van der Waals surface area contributed by atoms with Crippen LogP contribution in [-0.4, -0.2) is 39.7 Å². The van der Waals surface area contributed by atoms with Gasteiger partial charge in [0.1, 0.15) is 0 Å². The number of nitrogens with one attached hydrogen (secondary N) is 1. The number of nitrogens with zero attached hydrogens (tertiary/aromatic N) is 3. The van der Waals surface area contributed by atoms with Gasteiger partial charge in [0, 0.05) is 25.7 Å². The van der Waals surface area contributed by atoms with Crippen molar-refractivity contribution in [1.82, 2.24) is 14.7 Å². The maximum absolute atomic E-state index is 12.7. The number of likely N-dealkylation sites (tertiary alicyclic amines) is 1. The number of benzene rings is 1. The molecule has 0 saturated carbocycles. The number of aromatic nitrogens is 2. The maximum atomic E-state index is 12.7. The highest BCUT2D eigenvalue weighted by Gasteiger charge is 2.25. The molecule has 1 aromatic heterocycles. The van der Waals surface area contributed by atoms with Crippen molar-refractivity contribution in [1.29, 1.82) is 0 Å². The lowest BCUT2D eigenvalue weighted by molar-refractivity contribution is -0.119. The molecule has 1 saturated heterocycles. The first-order valence-corrected chi connectivity index (χ1v) is 8.49. The van der Waals surface area contributed by atoms with Gasteiger partial charge in [-0.2, -0.15) is 5.10 Å². The van der Waals surface area contributed by atoms with Crippen LogP contribution in [0.25, 0.3) is 5.69 Å². The van der Waals surface area contributed by atoms with Gasteiger partial charge in [-0.3, -0.25) is 4.79 Å². The van der Waals surface area contributed by atoms with Gasteiger partial charge in [0.2, 0.25) is 5.91 Å². The number of piperidine rings is 1. The average Bonchev–Trinajstić information content (AvgIpc) is 3.01. The second-order valence-electron chi connectivity index (χ2n) is 6.47. The number of para-hydroxylation sites is 2. The van der Waals surface area contributed by atoms with Gasteiger partial charge in [0.25, 0.3) is 0 Å². The summed E-state index contributed by atoms with van der Waals surface area (Å²) in [6, 6.07) is 9.30. The molecule has 1 atom stereocenters. The molecular formula is C18H23N5O2. The molecule has 25 heavy (non-hydrogen) atoms. The molecule has 0 bridgehead atoms. The van der Waals surface area contributed by atoms with Gasteiger partial charge < -0.3 is 16.0 Å². The number of anilines is 1. The number of amides is 3. The van der Waals surface area contributed by atoms with Crippen molar-refractivity contribution in [2.75, 3.05) is 18.4 Å².